The molecule has 6 rings (SSSR count). The van der Waals surface area contributed by atoms with E-state index in [1.165, 1.54) is 36.1 Å². The van der Waals surface area contributed by atoms with Crippen LogP contribution in [0.15, 0.2) is 53.1 Å². The fourth-order valence-electron chi connectivity index (χ4n) is 5.26. The zero-order valence-electron chi connectivity index (χ0n) is 17.8. The minimum Gasteiger partial charge on any atom is -0.497 e. The topological polar surface area (TPSA) is 60.2 Å². The van der Waals surface area contributed by atoms with Crippen molar-refractivity contribution in [2.75, 3.05) is 19.0 Å². The molecule has 0 amide bonds. The second kappa shape index (κ2) is 7.46. The highest BCUT2D eigenvalue weighted by atomic mass is 16.5. The monoisotopic (exact) mass is 403 g/mol. The van der Waals surface area contributed by atoms with Gasteiger partial charge in [-0.25, -0.2) is 0 Å². The third kappa shape index (κ3) is 3.47. The highest BCUT2D eigenvalue weighted by Crippen LogP contribution is 2.57. The molecule has 1 N–H and O–H groups in total. The maximum absolute atomic E-state index is 5.57. The predicted molar refractivity (Wildman–Crippen MR) is 118 cm³/mol. The Morgan fingerprint density at radius 1 is 0.967 bits per heavy atom. The van der Waals surface area contributed by atoms with E-state index in [9.17, 15) is 0 Å². The van der Waals surface area contributed by atoms with Crippen molar-refractivity contribution < 1.29 is 9.26 Å². The van der Waals surface area contributed by atoms with Crippen molar-refractivity contribution in [3.63, 3.8) is 0 Å². The van der Waals surface area contributed by atoms with Gasteiger partial charge in [-0.15, -0.1) is 0 Å². The number of hydrogen-bond donors (Lipinski definition) is 1. The first kappa shape index (κ1) is 19.2. The number of aromatic nitrogens is 2. The van der Waals surface area contributed by atoms with E-state index in [0.29, 0.717) is 5.41 Å². The summed E-state index contributed by atoms with van der Waals surface area (Å²) in [6.07, 6.45) is 7.12. The van der Waals surface area contributed by atoms with Gasteiger partial charge in [0.25, 0.3) is 0 Å². The van der Waals surface area contributed by atoms with Gasteiger partial charge in [0.15, 0.2) is 5.82 Å². The molecular weight excluding hydrogens is 374 g/mol. The molecule has 3 aliphatic carbocycles. The van der Waals surface area contributed by atoms with Crippen LogP contribution in [0.3, 0.4) is 0 Å². The van der Waals surface area contributed by atoms with Gasteiger partial charge < -0.3 is 14.6 Å². The average Bonchev–Trinajstić information content (AvgIpc) is 3.26. The Morgan fingerprint density at radius 3 is 2.33 bits per heavy atom. The molecule has 5 nitrogen and oxygen atoms in total. The molecule has 2 bridgehead atoms. The molecule has 3 aliphatic rings. The highest BCUT2D eigenvalue weighted by molar-refractivity contribution is 5.69. The largest absolute Gasteiger partial charge is 0.497 e. The quantitative estimate of drug-likeness (QED) is 0.567. The van der Waals surface area contributed by atoms with Crippen molar-refractivity contribution in [3.05, 3.63) is 60.2 Å². The fourth-order valence-corrected chi connectivity index (χ4v) is 5.26. The number of fused-ring (bicyclic) bond motifs is 3. The van der Waals surface area contributed by atoms with Crippen molar-refractivity contribution in [1.82, 2.24) is 10.1 Å². The number of rotatable bonds is 6. The zero-order valence-corrected chi connectivity index (χ0v) is 17.8. The van der Waals surface area contributed by atoms with Crippen LogP contribution in [-0.4, -0.2) is 23.8 Å². The summed E-state index contributed by atoms with van der Waals surface area (Å²) >= 11 is 0. The van der Waals surface area contributed by atoms with Gasteiger partial charge in [-0.2, -0.15) is 4.98 Å². The lowest BCUT2D eigenvalue weighted by atomic mass is 9.53. The van der Waals surface area contributed by atoms with Crippen LogP contribution in [0.5, 0.6) is 5.75 Å². The minimum atomic E-state index is 0.120. The second-order valence-electron chi connectivity index (χ2n) is 9.09. The number of aryl methyl sites for hydroxylation is 1. The van der Waals surface area contributed by atoms with Crippen LogP contribution in [0, 0.1) is 12.3 Å². The summed E-state index contributed by atoms with van der Waals surface area (Å²) in [6, 6.07) is 16.9. The Morgan fingerprint density at radius 2 is 1.67 bits per heavy atom. The van der Waals surface area contributed by atoms with E-state index in [-0.39, 0.29) is 5.41 Å². The molecule has 3 aromatic rings. The number of methoxy groups -OCH3 is 1. The Balaban J connectivity index is 1.26. The molecule has 0 aliphatic heterocycles. The molecule has 3 fully saturated rings. The lowest BCUT2D eigenvalue weighted by Crippen LogP contribution is -2.47. The number of anilines is 1. The smallest absolute Gasteiger partial charge is 0.232 e. The SMILES string of the molecule is COc1cccc(-c2cccc(NCC34CCC(c5nc(C)no5)(CC3)CC4)c2)c1. The summed E-state index contributed by atoms with van der Waals surface area (Å²) in [5.41, 5.74) is 4.05. The Bertz CT molecular complexity index is 1020. The van der Waals surface area contributed by atoms with Gasteiger partial charge in [-0.05, 0) is 86.3 Å². The maximum atomic E-state index is 5.57. The summed E-state index contributed by atoms with van der Waals surface area (Å²) in [5, 5.41) is 7.78. The van der Waals surface area contributed by atoms with Crippen LogP contribution in [0.4, 0.5) is 5.69 Å². The molecule has 0 saturated heterocycles. The van der Waals surface area contributed by atoms with E-state index >= 15 is 0 Å². The van der Waals surface area contributed by atoms with Gasteiger partial charge in [0.2, 0.25) is 5.89 Å². The molecule has 0 unspecified atom stereocenters. The Hall–Kier alpha value is -2.82. The molecule has 1 heterocycles. The molecule has 0 atom stereocenters. The Labute approximate surface area is 177 Å². The maximum Gasteiger partial charge on any atom is 0.232 e. The van der Waals surface area contributed by atoms with Crippen molar-refractivity contribution in [1.29, 1.82) is 0 Å². The number of nitrogens with zero attached hydrogens (tertiary/aromatic N) is 2. The van der Waals surface area contributed by atoms with E-state index < -0.39 is 0 Å². The van der Waals surface area contributed by atoms with Crippen LogP contribution in [0.25, 0.3) is 11.1 Å². The first-order chi connectivity index (χ1) is 14.6. The summed E-state index contributed by atoms with van der Waals surface area (Å²) in [6.45, 7) is 2.93. The summed E-state index contributed by atoms with van der Waals surface area (Å²) in [5.74, 6) is 2.50. The average molecular weight is 404 g/mol. The van der Waals surface area contributed by atoms with E-state index in [1.807, 2.05) is 19.1 Å². The second-order valence-corrected chi connectivity index (χ2v) is 9.09. The van der Waals surface area contributed by atoms with Crippen molar-refractivity contribution in [2.24, 2.45) is 5.41 Å². The molecular formula is C25H29N3O2. The lowest BCUT2D eigenvalue weighted by Gasteiger charge is -2.52. The Kier molecular flexibility index (Phi) is 4.76. The standard InChI is InChI=1S/C25H29N3O2/c1-18-27-23(30-28-18)25-12-9-24(10-13-25,11-14-25)17-26-21-7-3-5-19(15-21)20-6-4-8-22(16-20)29-2/h3-8,15-16,26H,9-14,17H2,1-2H3. The van der Waals surface area contributed by atoms with Gasteiger partial charge in [0.05, 0.1) is 7.11 Å². The van der Waals surface area contributed by atoms with Crippen molar-refractivity contribution in [2.45, 2.75) is 50.9 Å². The van der Waals surface area contributed by atoms with Crippen molar-refractivity contribution >= 4 is 5.69 Å². The van der Waals surface area contributed by atoms with E-state index in [2.05, 4.69) is 51.9 Å². The van der Waals surface area contributed by atoms with Crippen LogP contribution >= 0.6 is 0 Å². The summed E-state index contributed by atoms with van der Waals surface area (Å²) in [4.78, 5) is 4.57. The van der Waals surface area contributed by atoms with Gasteiger partial charge in [-0.3, -0.25) is 0 Å². The van der Waals surface area contributed by atoms with Crippen LogP contribution < -0.4 is 10.1 Å². The predicted octanol–water partition coefficient (Wildman–Crippen LogP) is 5.76. The zero-order chi connectivity index (χ0) is 20.6. The molecule has 2 aromatic carbocycles. The minimum absolute atomic E-state index is 0.120. The summed E-state index contributed by atoms with van der Waals surface area (Å²) < 4.78 is 10.9. The fraction of sp³-hybridized carbons (Fsp3) is 0.440. The number of benzene rings is 2. The first-order valence-electron chi connectivity index (χ1n) is 10.9. The van der Waals surface area contributed by atoms with Gasteiger partial charge in [0.1, 0.15) is 5.75 Å². The van der Waals surface area contributed by atoms with Gasteiger partial charge in [0, 0.05) is 17.6 Å². The van der Waals surface area contributed by atoms with Crippen LogP contribution in [0.2, 0.25) is 0 Å². The molecule has 30 heavy (non-hydrogen) atoms. The molecule has 0 spiro atoms. The van der Waals surface area contributed by atoms with Crippen LogP contribution in [-0.2, 0) is 5.41 Å². The van der Waals surface area contributed by atoms with Gasteiger partial charge >= 0.3 is 0 Å². The molecule has 5 heteroatoms. The normalized spacial score (nSPS) is 25.3. The first-order valence-corrected chi connectivity index (χ1v) is 10.9. The van der Waals surface area contributed by atoms with E-state index in [4.69, 9.17) is 9.26 Å². The third-order valence-corrected chi connectivity index (χ3v) is 7.32. The molecule has 0 radical (unpaired) electrons. The molecule has 156 valence electrons. The summed E-state index contributed by atoms with van der Waals surface area (Å²) in [7, 11) is 1.71. The van der Waals surface area contributed by atoms with Gasteiger partial charge in [-0.1, -0.05) is 29.4 Å². The number of ether oxygens (including phenoxy) is 1. The molecule has 3 saturated carbocycles. The molecule has 1 aromatic heterocycles. The third-order valence-electron chi connectivity index (χ3n) is 7.32. The van der Waals surface area contributed by atoms with E-state index in [0.717, 1.165) is 43.3 Å². The van der Waals surface area contributed by atoms with Crippen molar-refractivity contribution in [3.8, 4) is 16.9 Å². The number of nitrogens with one attached hydrogen (secondary N) is 1. The lowest BCUT2D eigenvalue weighted by molar-refractivity contribution is 0.0322. The highest BCUT2D eigenvalue weighted by Gasteiger charge is 2.51. The van der Waals surface area contributed by atoms with Crippen LogP contribution in [0.1, 0.15) is 50.2 Å². The number of hydrogen-bond acceptors (Lipinski definition) is 5. The van der Waals surface area contributed by atoms with E-state index in [1.54, 1.807) is 7.11 Å².